The van der Waals surface area contributed by atoms with Crippen LogP contribution in [0, 0.1) is 6.92 Å². The molecule has 1 amide bonds. The van der Waals surface area contributed by atoms with Gasteiger partial charge in [-0.2, -0.15) is 0 Å². The summed E-state index contributed by atoms with van der Waals surface area (Å²) >= 11 is 1.46. The van der Waals surface area contributed by atoms with Gasteiger partial charge < -0.3 is 10.4 Å². The van der Waals surface area contributed by atoms with Crippen LogP contribution >= 0.6 is 11.3 Å². The Morgan fingerprint density at radius 1 is 1.44 bits per heavy atom. The van der Waals surface area contributed by atoms with Crippen molar-refractivity contribution in [2.45, 2.75) is 18.9 Å². The molecule has 0 radical (unpaired) electrons. The molecule has 1 aromatic carbocycles. The molecular formula is C13H12N2O2S. The van der Waals surface area contributed by atoms with E-state index in [0.29, 0.717) is 11.3 Å². The second-order valence-electron chi connectivity index (χ2n) is 4.42. The van der Waals surface area contributed by atoms with Gasteiger partial charge in [-0.3, -0.25) is 4.79 Å². The predicted octanol–water partition coefficient (Wildman–Crippen LogP) is 1.83. The fourth-order valence-electron chi connectivity index (χ4n) is 2.18. The maximum absolute atomic E-state index is 12.0. The van der Waals surface area contributed by atoms with Gasteiger partial charge in [0.25, 0.3) is 5.91 Å². The van der Waals surface area contributed by atoms with E-state index in [0.717, 1.165) is 10.7 Å². The number of nitrogens with one attached hydrogen (secondary N) is 1. The summed E-state index contributed by atoms with van der Waals surface area (Å²) in [6.45, 7) is 1.90. The van der Waals surface area contributed by atoms with Crippen LogP contribution in [-0.4, -0.2) is 16.0 Å². The van der Waals surface area contributed by atoms with Crippen LogP contribution in [0.1, 0.15) is 16.3 Å². The first kappa shape index (κ1) is 11.4. The third-order valence-corrected chi connectivity index (χ3v) is 4.04. The van der Waals surface area contributed by atoms with Crippen LogP contribution in [0.3, 0.4) is 0 Å². The lowest BCUT2D eigenvalue weighted by molar-refractivity contribution is -0.133. The second-order valence-corrected chi connectivity index (χ2v) is 5.36. The summed E-state index contributed by atoms with van der Waals surface area (Å²) in [5, 5.41) is 16.0. The molecule has 5 heteroatoms. The van der Waals surface area contributed by atoms with Crippen LogP contribution in [0.15, 0.2) is 29.6 Å². The molecule has 2 N–H and O–H groups in total. The van der Waals surface area contributed by atoms with Crippen molar-refractivity contribution in [1.82, 2.24) is 4.98 Å². The summed E-state index contributed by atoms with van der Waals surface area (Å²) < 4.78 is 0. The number of nitrogens with zero attached hydrogens (tertiary/aromatic N) is 1. The number of amides is 1. The summed E-state index contributed by atoms with van der Waals surface area (Å²) in [5.41, 5.74) is 0.715. The van der Waals surface area contributed by atoms with Crippen molar-refractivity contribution in [3.05, 3.63) is 45.9 Å². The number of thiazole rings is 1. The normalized spacial score (nSPS) is 21.8. The minimum absolute atomic E-state index is 0.217. The highest BCUT2D eigenvalue weighted by Crippen LogP contribution is 2.38. The molecule has 0 spiro atoms. The van der Waals surface area contributed by atoms with E-state index in [-0.39, 0.29) is 12.3 Å². The maximum Gasteiger partial charge on any atom is 0.261 e. The van der Waals surface area contributed by atoms with E-state index in [1.165, 1.54) is 11.3 Å². The van der Waals surface area contributed by atoms with Crippen LogP contribution in [0.5, 0.6) is 0 Å². The average Bonchev–Trinajstić information content (AvgIpc) is 2.84. The number of aryl methyl sites for hydroxylation is 1. The molecule has 0 fully saturated rings. The second kappa shape index (κ2) is 3.90. The van der Waals surface area contributed by atoms with Crippen molar-refractivity contribution in [3.8, 4) is 0 Å². The predicted molar refractivity (Wildman–Crippen MR) is 69.5 cm³/mol. The first-order chi connectivity index (χ1) is 8.59. The van der Waals surface area contributed by atoms with Gasteiger partial charge in [-0.25, -0.2) is 4.98 Å². The van der Waals surface area contributed by atoms with Gasteiger partial charge in [0.05, 0.1) is 5.01 Å². The Morgan fingerprint density at radius 3 is 2.94 bits per heavy atom. The molecule has 1 unspecified atom stereocenters. The molecule has 1 aliphatic heterocycles. The first-order valence-corrected chi connectivity index (χ1v) is 6.52. The van der Waals surface area contributed by atoms with Crippen molar-refractivity contribution in [2.24, 2.45) is 0 Å². The third kappa shape index (κ3) is 1.63. The van der Waals surface area contributed by atoms with Crippen molar-refractivity contribution >= 4 is 22.9 Å². The van der Waals surface area contributed by atoms with E-state index in [2.05, 4.69) is 10.3 Å². The summed E-state index contributed by atoms with van der Waals surface area (Å²) in [6, 6.07) is 7.21. The number of anilines is 1. The molecule has 0 bridgehead atoms. The zero-order chi connectivity index (χ0) is 12.8. The molecule has 92 valence electrons. The molecule has 1 atom stereocenters. The number of para-hydroxylation sites is 1. The Bertz CT molecular complexity index is 623. The van der Waals surface area contributed by atoms with Crippen LogP contribution in [0.25, 0.3) is 0 Å². The van der Waals surface area contributed by atoms with Gasteiger partial charge >= 0.3 is 0 Å². The molecule has 1 aliphatic rings. The molecule has 0 saturated heterocycles. The number of benzene rings is 1. The average molecular weight is 260 g/mol. The van der Waals surface area contributed by atoms with E-state index in [9.17, 15) is 9.90 Å². The van der Waals surface area contributed by atoms with Gasteiger partial charge in [0.15, 0.2) is 5.60 Å². The molecule has 4 nitrogen and oxygen atoms in total. The number of fused-ring (bicyclic) bond motifs is 1. The lowest BCUT2D eigenvalue weighted by Crippen LogP contribution is -2.36. The van der Waals surface area contributed by atoms with Crippen molar-refractivity contribution in [3.63, 3.8) is 0 Å². The minimum Gasteiger partial charge on any atom is -0.375 e. The van der Waals surface area contributed by atoms with Gasteiger partial charge in [0.1, 0.15) is 0 Å². The molecule has 2 heterocycles. The number of carbonyl (C=O) groups excluding carboxylic acids is 1. The van der Waals surface area contributed by atoms with E-state index in [4.69, 9.17) is 0 Å². The number of hydrogen-bond acceptors (Lipinski definition) is 4. The lowest BCUT2D eigenvalue weighted by Gasteiger charge is -2.19. The van der Waals surface area contributed by atoms with Crippen LogP contribution in [0.4, 0.5) is 5.69 Å². The SMILES string of the molecule is Cc1csc(CC2(O)C(=O)Nc3ccccc32)n1. The van der Waals surface area contributed by atoms with Crippen molar-refractivity contribution in [2.75, 3.05) is 5.32 Å². The van der Waals surface area contributed by atoms with Crippen LogP contribution < -0.4 is 5.32 Å². The van der Waals surface area contributed by atoms with E-state index < -0.39 is 5.60 Å². The van der Waals surface area contributed by atoms with Gasteiger partial charge in [-0.1, -0.05) is 18.2 Å². The quantitative estimate of drug-likeness (QED) is 0.866. The molecule has 3 rings (SSSR count). The van der Waals surface area contributed by atoms with Gasteiger partial charge in [-0.15, -0.1) is 11.3 Å². The van der Waals surface area contributed by atoms with Crippen molar-refractivity contribution < 1.29 is 9.90 Å². The minimum atomic E-state index is -1.50. The molecule has 0 saturated carbocycles. The Kier molecular flexibility index (Phi) is 2.46. The fourth-order valence-corrected chi connectivity index (χ4v) is 3.03. The standard InChI is InChI=1S/C13H12N2O2S/c1-8-7-18-11(14-8)6-13(17)9-4-2-3-5-10(9)15-12(13)16/h2-5,7,17H,6H2,1H3,(H,15,16). The Morgan fingerprint density at radius 2 is 2.22 bits per heavy atom. The Labute approximate surface area is 108 Å². The summed E-state index contributed by atoms with van der Waals surface area (Å²) in [5.74, 6) is -0.378. The number of aliphatic hydroxyl groups is 1. The van der Waals surface area contributed by atoms with E-state index >= 15 is 0 Å². The smallest absolute Gasteiger partial charge is 0.261 e. The van der Waals surface area contributed by atoms with E-state index in [1.54, 1.807) is 12.1 Å². The molecule has 18 heavy (non-hydrogen) atoms. The number of rotatable bonds is 2. The van der Waals surface area contributed by atoms with Gasteiger partial charge in [0, 0.05) is 28.7 Å². The number of hydrogen-bond donors (Lipinski definition) is 2. The Balaban J connectivity index is 2.01. The molecular weight excluding hydrogens is 248 g/mol. The van der Waals surface area contributed by atoms with Crippen molar-refractivity contribution in [1.29, 1.82) is 0 Å². The number of carbonyl (C=O) groups is 1. The summed E-state index contributed by atoms with van der Waals surface area (Å²) in [7, 11) is 0. The van der Waals surface area contributed by atoms with E-state index in [1.807, 2.05) is 24.4 Å². The summed E-state index contributed by atoms with van der Waals surface area (Å²) in [6.07, 6.45) is 0.217. The highest BCUT2D eigenvalue weighted by Gasteiger charge is 2.45. The topological polar surface area (TPSA) is 62.2 Å². The van der Waals surface area contributed by atoms with Crippen LogP contribution in [0.2, 0.25) is 0 Å². The van der Waals surface area contributed by atoms with Crippen LogP contribution in [-0.2, 0) is 16.8 Å². The largest absolute Gasteiger partial charge is 0.375 e. The fraction of sp³-hybridized carbons (Fsp3) is 0.231. The lowest BCUT2D eigenvalue weighted by atomic mass is 9.92. The molecule has 2 aromatic rings. The van der Waals surface area contributed by atoms with Gasteiger partial charge in [-0.05, 0) is 13.0 Å². The zero-order valence-electron chi connectivity index (χ0n) is 9.80. The summed E-state index contributed by atoms with van der Waals surface area (Å²) in [4.78, 5) is 16.3. The zero-order valence-corrected chi connectivity index (χ0v) is 10.6. The number of aromatic nitrogens is 1. The third-order valence-electron chi connectivity index (χ3n) is 3.07. The monoisotopic (exact) mass is 260 g/mol. The Hall–Kier alpha value is -1.72. The highest BCUT2D eigenvalue weighted by molar-refractivity contribution is 7.09. The molecule has 0 aliphatic carbocycles. The first-order valence-electron chi connectivity index (χ1n) is 5.64. The van der Waals surface area contributed by atoms with Gasteiger partial charge in [0.2, 0.25) is 0 Å². The highest BCUT2D eigenvalue weighted by atomic mass is 32.1. The maximum atomic E-state index is 12.0. The molecule has 1 aromatic heterocycles.